The molecule has 0 aromatic rings. The third kappa shape index (κ3) is 71.9. The summed E-state index contributed by atoms with van der Waals surface area (Å²) >= 11 is 15.4. The highest BCUT2D eigenvalue weighted by atomic mass is 35.6. The van der Waals surface area contributed by atoms with Gasteiger partial charge in [0.15, 0.2) is 3.42 Å². The van der Waals surface area contributed by atoms with Gasteiger partial charge in [0.1, 0.15) is 0 Å². The summed E-state index contributed by atoms with van der Waals surface area (Å²) in [6.07, 6.45) is 0. The monoisotopic (exact) mass is 164 g/mol. The Morgan fingerprint density at radius 2 is 1.17 bits per heavy atom. The Morgan fingerprint density at radius 1 is 1.17 bits per heavy atom. The summed E-state index contributed by atoms with van der Waals surface area (Å²) < 4.78 is -0.944. The van der Waals surface area contributed by atoms with Gasteiger partial charge in [-0.05, 0) is 0 Å². The zero-order chi connectivity index (χ0) is 4.50. The molecule has 0 aliphatic heterocycles. The fourth-order valence-corrected chi connectivity index (χ4v) is 0. The van der Waals surface area contributed by atoms with Crippen LogP contribution in [0, 0.1) is 0 Å². The van der Waals surface area contributed by atoms with Gasteiger partial charge in [0, 0.05) is 0 Å². The molecule has 0 saturated heterocycles. The molecule has 0 bridgehead atoms. The Morgan fingerprint density at radius 3 is 1.17 bits per heavy atom. The predicted molar refractivity (Wildman–Crippen MR) is 37.0 cm³/mol. The van der Waals surface area contributed by atoms with E-state index in [1.165, 1.54) is 0 Å². The van der Waals surface area contributed by atoms with Crippen molar-refractivity contribution in [2.75, 3.05) is 0 Å². The molecule has 0 unspecified atom stereocenters. The van der Waals surface area contributed by atoms with E-state index in [2.05, 4.69) is 0 Å². The standard InChI is InChI=1S/CH3Cl3Si.CH4/c2-1(3,4)5;/h5H3;1H4. The highest BCUT2D eigenvalue weighted by Gasteiger charge is 2.06. The molecule has 0 atom stereocenters. The first-order valence-electron chi connectivity index (χ1n) is 1.07. The number of halogens is 3. The minimum absolute atomic E-state index is 0. The van der Waals surface area contributed by atoms with Crippen LogP contribution in [0.2, 0.25) is 0 Å². The van der Waals surface area contributed by atoms with Crippen LogP contribution < -0.4 is 0 Å². The number of hydrogen-bond donors (Lipinski definition) is 0. The molecule has 0 aromatic heterocycles. The molecule has 40 valence electrons. The first-order chi connectivity index (χ1) is 2.00. The Labute approximate surface area is 56.2 Å². The second-order valence-electron chi connectivity index (χ2n) is 0.781. The summed E-state index contributed by atoms with van der Waals surface area (Å²) in [5.41, 5.74) is 0. The molecule has 0 aliphatic rings. The fourth-order valence-electron chi connectivity index (χ4n) is 0. The van der Waals surface area contributed by atoms with Crippen molar-refractivity contribution in [3.63, 3.8) is 0 Å². The normalized spacial score (nSPS) is 10.5. The average Bonchev–Trinajstić information content (AvgIpc) is 0.722. The molecule has 0 nitrogen and oxygen atoms in total. The lowest BCUT2D eigenvalue weighted by Gasteiger charge is -1.94. The lowest BCUT2D eigenvalue weighted by Crippen LogP contribution is -1.96. The highest BCUT2D eigenvalue weighted by Crippen LogP contribution is 2.19. The molecule has 0 spiro atoms. The van der Waals surface area contributed by atoms with Crippen LogP contribution in [0.3, 0.4) is 0 Å². The van der Waals surface area contributed by atoms with Crippen LogP contribution in [-0.2, 0) is 0 Å². The van der Waals surface area contributed by atoms with E-state index in [-0.39, 0.29) is 7.43 Å². The lowest BCUT2D eigenvalue weighted by atomic mass is 11.8. The van der Waals surface area contributed by atoms with Crippen molar-refractivity contribution < 1.29 is 0 Å². The van der Waals surface area contributed by atoms with Crippen molar-refractivity contribution >= 4 is 45.0 Å². The number of rotatable bonds is 0. The SMILES string of the molecule is C.[SiH3]C(Cl)(Cl)Cl. The van der Waals surface area contributed by atoms with E-state index < -0.39 is 3.42 Å². The van der Waals surface area contributed by atoms with Crippen molar-refractivity contribution in [3.05, 3.63) is 0 Å². The molecule has 0 aliphatic carbocycles. The van der Waals surface area contributed by atoms with Crippen LogP contribution in [0.5, 0.6) is 0 Å². The minimum Gasteiger partial charge on any atom is -0.0894 e. The number of alkyl halides is 3. The van der Waals surface area contributed by atoms with Gasteiger partial charge in [-0.15, -0.1) is 0 Å². The zero-order valence-electron chi connectivity index (χ0n) is 2.63. The maximum atomic E-state index is 5.12. The fraction of sp³-hybridized carbons (Fsp3) is 1.00. The van der Waals surface area contributed by atoms with E-state index >= 15 is 0 Å². The van der Waals surface area contributed by atoms with Gasteiger partial charge in [-0.2, -0.15) is 0 Å². The molecule has 4 heteroatoms. The predicted octanol–water partition coefficient (Wildman–Crippen LogP) is 1.32. The first-order valence-corrected chi connectivity index (χ1v) is 3.20. The van der Waals surface area contributed by atoms with E-state index in [0.29, 0.717) is 10.2 Å². The molecule has 0 fully saturated rings. The van der Waals surface area contributed by atoms with Crippen molar-refractivity contribution in [2.45, 2.75) is 10.8 Å². The summed E-state index contributed by atoms with van der Waals surface area (Å²) in [6.45, 7) is 0. The maximum Gasteiger partial charge on any atom is 0.166 e. The van der Waals surface area contributed by atoms with Gasteiger partial charge in [0.25, 0.3) is 0 Å². The van der Waals surface area contributed by atoms with Crippen molar-refractivity contribution in [3.8, 4) is 0 Å². The Balaban J connectivity index is 0. The van der Waals surface area contributed by atoms with E-state index in [1.54, 1.807) is 0 Å². The minimum atomic E-state index is -0.944. The molecule has 0 radical (unpaired) electrons. The third-order valence-corrected chi connectivity index (χ3v) is 0. The molecule has 0 aromatic carbocycles. The number of hydrogen-bond acceptors (Lipinski definition) is 0. The van der Waals surface area contributed by atoms with Gasteiger partial charge >= 0.3 is 0 Å². The van der Waals surface area contributed by atoms with E-state index in [1.807, 2.05) is 0 Å². The second kappa shape index (κ2) is 3.14. The highest BCUT2D eigenvalue weighted by molar-refractivity contribution is 6.81. The van der Waals surface area contributed by atoms with Crippen molar-refractivity contribution in [1.29, 1.82) is 0 Å². The first kappa shape index (κ1) is 10.1. The molecular weight excluding hydrogens is 158 g/mol. The molecule has 6 heavy (non-hydrogen) atoms. The molecule has 0 rings (SSSR count). The summed E-state index contributed by atoms with van der Waals surface area (Å²) in [5.74, 6) is 0. The Bertz CT molecular complexity index is 24.3. The topological polar surface area (TPSA) is 0 Å². The molecule has 0 heterocycles. The lowest BCUT2D eigenvalue weighted by molar-refractivity contribution is 1.75. The largest absolute Gasteiger partial charge is 0.166 e. The Hall–Kier alpha value is 1.09. The van der Waals surface area contributed by atoms with Gasteiger partial charge in [0.2, 0.25) is 0 Å². The third-order valence-electron chi connectivity index (χ3n) is 0. The molecule has 0 saturated carbocycles. The quantitative estimate of drug-likeness (QED) is 0.375. The van der Waals surface area contributed by atoms with Gasteiger partial charge in [-0.1, -0.05) is 42.2 Å². The van der Waals surface area contributed by atoms with Crippen LogP contribution in [0.25, 0.3) is 0 Å². The van der Waals surface area contributed by atoms with E-state index in [4.69, 9.17) is 34.8 Å². The van der Waals surface area contributed by atoms with Crippen molar-refractivity contribution in [1.82, 2.24) is 0 Å². The smallest absolute Gasteiger partial charge is 0.0894 e. The summed E-state index contributed by atoms with van der Waals surface area (Å²) in [7, 11) is 0.604. The van der Waals surface area contributed by atoms with Gasteiger partial charge in [-0.3, -0.25) is 0 Å². The molecule has 0 N–H and O–H groups in total. The van der Waals surface area contributed by atoms with Gasteiger partial charge in [-0.25, -0.2) is 0 Å². The van der Waals surface area contributed by atoms with E-state index in [9.17, 15) is 0 Å². The zero-order valence-corrected chi connectivity index (χ0v) is 6.90. The summed E-state index contributed by atoms with van der Waals surface area (Å²) in [6, 6.07) is 0. The van der Waals surface area contributed by atoms with Crippen LogP contribution in [0.15, 0.2) is 0 Å². The molecule has 0 amide bonds. The van der Waals surface area contributed by atoms with Crippen LogP contribution in [-0.4, -0.2) is 13.7 Å². The summed E-state index contributed by atoms with van der Waals surface area (Å²) in [5, 5.41) is 0. The Kier molecular flexibility index (Phi) is 5.30. The summed E-state index contributed by atoms with van der Waals surface area (Å²) in [4.78, 5) is 0. The van der Waals surface area contributed by atoms with Crippen molar-refractivity contribution in [2.24, 2.45) is 0 Å². The average molecular weight is 166 g/mol. The van der Waals surface area contributed by atoms with Crippen LogP contribution >= 0.6 is 34.8 Å². The van der Waals surface area contributed by atoms with E-state index in [0.717, 1.165) is 0 Å². The van der Waals surface area contributed by atoms with Gasteiger partial charge < -0.3 is 0 Å². The molecular formula is C2H7Cl3Si. The second-order valence-corrected chi connectivity index (χ2v) is 7.03. The van der Waals surface area contributed by atoms with Crippen LogP contribution in [0.4, 0.5) is 0 Å². The van der Waals surface area contributed by atoms with Crippen LogP contribution in [0.1, 0.15) is 7.43 Å². The van der Waals surface area contributed by atoms with Gasteiger partial charge in [0.05, 0.1) is 10.2 Å². The maximum absolute atomic E-state index is 5.12.